The van der Waals surface area contributed by atoms with Crippen molar-refractivity contribution in [1.82, 2.24) is 4.57 Å². The highest BCUT2D eigenvalue weighted by molar-refractivity contribution is 6.13. The standard InChI is InChI=1S/C44H27NO/c1-2-10-28(11-3-1)32-22-24-40(34-15-5-4-14-33(32)34)45-39-18-7-6-16-35(39)37-26-30(20-23-41(37)45)31-21-25-42-38(27-31)36-17-8-12-29-13-9-19-43(46-42)44(29)36/h1-27H. The van der Waals surface area contributed by atoms with E-state index in [4.69, 9.17) is 4.74 Å². The van der Waals surface area contributed by atoms with Gasteiger partial charge in [-0.15, -0.1) is 0 Å². The third kappa shape index (κ3) is 3.65. The first kappa shape index (κ1) is 25.2. The van der Waals surface area contributed by atoms with Gasteiger partial charge in [0.05, 0.1) is 16.7 Å². The average molecular weight is 586 g/mol. The van der Waals surface area contributed by atoms with E-state index in [0.717, 1.165) is 17.1 Å². The van der Waals surface area contributed by atoms with E-state index in [2.05, 4.69) is 168 Å². The molecule has 0 amide bonds. The quantitative estimate of drug-likeness (QED) is 0.201. The lowest BCUT2D eigenvalue weighted by atomic mass is 9.92. The van der Waals surface area contributed by atoms with Crippen LogP contribution in [-0.4, -0.2) is 4.57 Å². The predicted octanol–water partition coefficient (Wildman–Crippen LogP) is 12.2. The minimum atomic E-state index is 0.901. The third-order valence-electron chi connectivity index (χ3n) is 9.59. The van der Waals surface area contributed by atoms with Crippen LogP contribution in [0.5, 0.6) is 11.5 Å². The van der Waals surface area contributed by atoms with Crippen molar-refractivity contribution >= 4 is 43.4 Å². The summed E-state index contributed by atoms with van der Waals surface area (Å²) in [6, 6.07) is 59.0. The van der Waals surface area contributed by atoms with Gasteiger partial charge in [0.1, 0.15) is 11.5 Å². The Morgan fingerprint density at radius 3 is 1.98 bits per heavy atom. The average Bonchev–Trinajstić information content (AvgIpc) is 3.45. The van der Waals surface area contributed by atoms with Gasteiger partial charge in [-0.2, -0.15) is 0 Å². The van der Waals surface area contributed by atoms with Gasteiger partial charge in [0.15, 0.2) is 0 Å². The molecule has 0 N–H and O–H groups in total. The molecule has 0 radical (unpaired) electrons. The zero-order valence-corrected chi connectivity index (χ0v) is 24.9. The number of hydrogen-bond acceptors (Lipinski definition) is 1. The molecule has 0 unspecified atom stereocenters. The molecule has 0 saturated heterocycles. The highest BCUT2D eigenvalue weighted by Crippen LogP contribution is 2.48. The van der Waals surface area contributed by atoms with Gasteiger partial charge in [-0.25, -0.2) is 0 Å². The molecule has 0 spiro atoms. The van der Waals surface area contributed by atoms with E-state index < -0.39 is 0 Å². The van der Waals surface area contributed by atoms with Crippen LogP contribution in [0.15, 0.2) is 164 Å². The highest BCUT2D eigenvalue weighted by Gasteiger charge is 2.21. The summed E-state index contributed by atoms with van der Waals surface area (Å²) in [6.45, 7) is 0. The molecule has 8 aromatic carbocycles. The van der Waals surface area contributed by atoms with E-state index in [9.17, 15) is 0 Å². The lowest BCUT2D eigenvalue weighted by Crippen LogP contribution is -1.97. The van der Waals surface area contributed by atoms with Crippen molar-refractivity contribution in [1.29, 1.82) is 0 Å². The maximum atomic E-state index is 6.39. The number of benzene rings is 8. The largest absolute Gasteiger partial charge is 0.456 e. The van der Waals surface area contributed by atoms with Crippen molar-refractivity contribution in [2.24, 2.45) is 0 Å². The SMILES string of the molecule is c1ccc(-c2ccc(-n3c4ccccc4c4cc(-c5ccc6c(c5)-c5cccc7cccc(c57)O6)ccc43)c3ccccc23)cc1. The molecule has 0 aliphatic carbocycles. The normalized spacial score (nSPS) is 12.1. The number of aromatic nitrogens is 1. The molecule has 10 rings (SSSR count). The summed E-state index contributed by atoms with van der Waals surface area (Å²) in [5.41, 5.74) is 10.8. The Morgan fingerprint density at radius 1 is 0.370 bits per heavy atom. The van der Waals surface area contributed by atoms with E-state index >= 15 is 0 Å². The predicted molar refractivity (Wildman–Crippen MR) is 192 cm³/mol. The maximum Gasteiger partial charge on any atom is 0.135 e. The second-order valence-corrected chi connectivity index (χ2v) is 12.1. The van der Waals surface area contributed by atoms with E-state index in [1.807, 2.05) is 0 Å². The van der Waals surface area contributed by atoms with Gasteiger partial charge in [-0.05, 0) is 81.1 Å². The first-order chi connectivity index (χ1) is 22.8. The van der Waals surface area contributed by atoms with Crippen LogP contribution < -0.4 is 4.74 Å². The molecule has 2 heterocycles. The molecular formula is C44H27NO. The van der Waals surface area contributed by atoms with Crippen LogP contribution in [0.2, 0.25) is 0 Å². The van der Waals surface area contributed by atoms with Crippen molar-refractivity contribution in [2.75, 3.05) is 0 Å². The van der Waals surface area contributed by atoms with Gasteiger partial charge in [-0.3, -0.25) is 0 Å². The van der Waals surface area contributed by atoms with Crippen LogP contribution in [0.1, 0.15) is 0 Å². The first-order valence-corrected chi connectivity index (χ1v) is 15.8. The second-order valence-electron chi connectivity index (χ2n) is 12.1. The van der Waals surface area contributed by atoms with Crippen LogP contribution in [-0.2, 0) is 0 Å². The Kier molecular flexibility index (Phi) is 5.31. The molecule has 2 heteroatoms. The Morgan fingerprint density at radius 2 is 1.09 bits per heavy atom. The van der Waals surface area contributed by atoms with E-state index in [-0.39, 0.29) is 0 Å². The Hall–Kier alpha value is -6.12. The molecule has 1 aliphatic rings. The lowest BCUT2D eigenvalue weighted by molar-refractivity contribution is 0.487. The molecule has 1 aliphatic heterocycles. The van der Waals surface area contributed by atoms with Crippen molar-refractivity contribution in [3.05, 3.63) is 164 Å². The Labute approximate surface area is 266 Å². The lowest BCUT2D eigenvalue weighted by Gasteiger charge is -2.22. The number of fused-ring (bicyclic) bond motifs is 6. The number of ether oxygens (including phenoxy) is 1. The van der Waals surface area contributed by atoms with Gasteiger partial charge in [0, 0.05) is 27.1 Å². The highest BCUT2D eigenvalue weighted by atomic mass is 16.5. The summed E-state index contributed by atoms with van der Waals surface area (Å²) >= 11 is 0. The first-order valence-electron chi connectivity index (χ1n) is 15.8. The fraction of sp³-hybridized carbons (Fsp3) is 0. The van der Waals surface area contributed by atoms with Crippen LogP contribution in [0.25, 0.3) is 82.4 Å². The number of rotatable bonds is 3. The van der Waals surface area contributed by atoms with Crippen LogP contribution in [0.4, 0.5) is 0 Å². The number of nitrogens with zero attached hydrogens (tertiary/aromatic N) is 1. The molecule has 0 atom stereocenters. The molecule has 9 aromatic rings. The summed E-state index contributed by atoms with van der Waals surface area (Å²) in [6.07, 6.45) is 0. The topological polar surface area (TPSA) is 14.2 Å². The van der Waals surface area contributed by atoms with Gasteiger partial charge >= 0.3 is 0 Å². The number of para-hydroxylation sites is 1. The van der Waals surface area contributed by atoms with Gasteiger partial charge < -0.3 is 9.30 Å². The summed E-state index contributed by atoms with van der Waals surface area (Å²) in [4.78, 5) is 0. The zero-order chi connectivity index (χ0) is 30.2. The Bertz CT molecular complexity index is 2660. The minimum absolute atomic E-state index is 0.901. The van der Waals surface area contributed by atoms with E-state index in [1.165, 1.54) is 76.9 Å². The summed E-state index contributed by atoms with van der Waals surface area (Å²) < 4.78 is 8.82. The van der Waals surface area contributed by atoms with Gasteiger partial charge in [0.25, 0.3) is 0 Å². The summed E-state index contributed by atoms with van der Waals surface area (Å²) in [5.74, 6) is 1.82. The molecule has 2 nitrogen and oxygen atoms in total. The van der Waals surface area contributed by atoms with Gasteiger partial charge in [-0.1, -0.05) is 121 Å². The fourth-order valence-corrected chi connectivity index (χ4v) is 7.50. The second kappa shape index (κ2) is 9.69. The minimum Gasteiger partial charge on any atom is -0.456 e. The fourth-order valence-electron chi connectivity index (χ4n) is 7.50. The van der Waals surface area contributed by atoms with Crippen LogP contribution in [0, 0.1) is 0 Å². The molecular weight excluding hydrogens is 558 g/mol. The summed E-state index contributed by atoms with van der Waals surface area (Å²) in [7, 11) is 0. The van der Waals surface area contributed by atoms with E-state index in [1.54, 1.807) is 0 Å². The molecule has 1 aromatic heterocycles. The summed E-state index contributed by atoms with van der Waals surface area (Å²) in [5, 5.41) is 7.35. The molecule has 0 bridgehead atoms. The number of hydrogen-bond donors (Lipinski definition) is 0. The van der Waals surface area contributed by atoms with Crippen molar-refractivity contribution in [3.8, 4) is 50.6 Å². The third-order valence-corrected chi connectivity index (χ3v) is 9.59. The van der Waals surface area contributed by atoms with Crippen molar-refractivity contribution in [3.63, 3.8) is 0 Å². The van der Waals surface area contributed by atoms with Crippen LogP contribution in [0.3, 0.4) is 0 Å². The molecule has 214 valence electrons. The van der Waals surface area contributed by atoms with Crippen molar-refractivity contribution in [2.45, 2.75) is 0 Å². The van der Waals surface area contributed by atoms with Crippen molar-refractivity contribution < 1.29 is 4.74 Å². The Balaban J connectivity index is 1.17. The smallest absolute Gasteiger partial charge is 0.135 e. The zero-order valence-electron chi connectivity index (χ0n) is 24.9. The monoisotopic (exact) mass is 585 g/mol. The molecule has 0 saturated carbocycles. The van der Waals surface area contributed by atoms with E-state index in [0.29, 0.717) is 0 Å². The van der Waals surface area contributed by atoms with Crippen LogP contribution >= 0.6 is 0 Å². The molecule has 46 heavy (non-hydrogen) atoms. The molecule has 0 fully saturated rings. The maximum absolute atomic E-state index is 6.39. The van der Waals surface area contributed by atoms with Gasteiger partial charge in [0.2, 0.25) is 0 Å².